The first-order chi connectivity index (χ1) is 15.5. The van der Waals surface area contributed by atoms with E-state index in [0.29, 0.717) is 13.0 Å². The van der Waals surface area contributed by atoms with E-state index >= 15 is 0 Å². The lowest BCUT2D eigenvalue weighted by atomic mass is 10.1. The summed E-state index contributed by atoms with van der Waals surface area (Å²) in [5.74, 6) is -2.43. The van der Waals surface area contributed by atoms with Crippen LogP contribution in [0, 0.1) is 5.92 Å². The Morgan fingerprint density at radius 3 is 2.50 bits per heavy atom. The van der Waals surface area contributed by atoms with Gasteiger partial charge in [-0.15, -0.1) is 0 Å². The molecule has 1 heterocycles. The molecule has 8 nitrogen and oxygen atoms in total. The van der Waals surface area contributed by atoms with Gasteiger partial charge in [0.25, 0.3) is 5.91 Å². The topological polar surface area (TPSA) is 102 Å². The number of nitrogens with one attached hydrogen (secondary N) is 1. The molecule has 1 atom stereocenters. The second-order valence-corrected chi connectivity index (χ2v) is 7.40. The molecule has 1 saturated heterocycles. The Morgan fingerprint density at radius 2 is 1.75 bits per heavy atom. The number of amides is 2. The zero-order chi connectivity index (χ0) is 22.9. The number of esters is 2. The molecule has 0 aromatic heterocycles. The van der Waals surface area contributed by atoms with Gasteiger partial charge in [-0.25, -0.2) is 4.79 Å². The third-order valence-electron chi connectivity index (χ3n) is 5.10. The lowest BCUT2D eigenvalue weighted by molar-refractivity contribution is -0.151. The van der Waals surface area contributed by atoms with Crippen LogP contribution in [0.4, 0.5) is 5.69 Å². The third kappa shape index (κ3) is 6.16. The smallest absolute Gasteiger partial charge is 0.340 e. The van der Waals surface area contributed by atoms with Crippen LogP contribution in [-0.4, -0.2) is 55.0 Å². The standard InChI is InChI=1S/C24H26N2O6/c1-2-31-24(30)19-10-6-7-11-20(19)25-21(27)16-32-23(29)18-14-22(28)26(15-18)13-12-17-8-4-3-5-9-17/h3-11,18H,2,12-16H2,1H3,(H,25,27)/t18-/m1/s1. The molecule has 32 heavy (non-hydrogen) atoms. The molecule has 0 bridgehead atoms. The Morgan fingerprint density at radius 1 is 1.03 bits per heavy atom. The molecule has 3 rings (SSSR count). The lowest BCUT2D eigenvalue weighted by Crippen LogP contribution is -2.30. The summed E-state index contributed by atoms with van der Waals surface area (Å²) < 4.78 is 10.1. The maximum absolute atomic E-state index is 12.4. The van der Waals surface area contributed by atoms with Crippen LogP contribution in [0.1, 0.15) is 29.3 Å². The van der Waals surface area contributed by atoms with Crippen molar-refractivity contribution >= 4 is 29.4 Å². The van der Waals surface area contributed by atoms with E-state index in [2.05, 4.69) is 5.32 Å². The number of para-hydroxylation sites is 1. The molecule has 2 aromatic rings. The fourth-order valence-corrected chi connectivity index (χ4v) is 3.47. The molecular formula is C24H26N2O6. The summed E-state index contributed by atoms with van der Waals surface area (Å²) in [7, 11) is 0. The number of rotatable bonds is 9. The summed E-state index contributed by atoms with van der Waals surface area (Å²) in [6.07, 6.45) is 0.775. The van der Waals surface area contributed by atoms with Gasteiger partial charge in [0.15, 0.2) is 6.61 Å². The highest BCUT2D eigenvalue weighted by Gasteiger charge is 2.35. The number of hydrogen-bond acceptors (Lipinski definition) is 6. The Hall–Kier alpha value is -3.68. The number of likely N-dealkylation sites (tertiary alicyclic amines) is 1. The van der Waals surface area contributed by atoms with Crippen molar-refractivity contribution in [3.8, 4) is 0 Å². The molecule has 1 aliphatic rings. The normalized spacial score (nSPS) is 15.3. The number of carbonyl (C=O) groups excluding carboxylic acids is 4. The monoisotopic (exact) mass is 438 g/mol. The minimum Gasteiger partial charge on any atom is -0.462 e. The molecule has 0 saturated carbocycles. The average molecular weight is 438 g/mol. The zero-order valence-corrected chi connectivity index (χ0v) is 17.9. The molecule has 2 amide bonds. The summed E-state index contributed by atoms with van der Waals surface area (Å²) in [4.78, 5) is 50.5. The van der Waals surface area contributed by atoms with Gasteiger partial charge in [0, 0.05) is 19.5 Å². The number of nitrogens with zero attached hydrogens (tertiary/aromatic N) is 1. The van der Waals surface area contributed by atoms with Crippen LogP contribution in [0.3, 0.4) is 0 Å². The highest BCUT2D eigenvalue weighted by molar-refractivity contribution is 6.02. The van der Waals surface area contributed by atoms with Crippen LogP contribution < -0.4 is 5.32 Å². The summed E-state index contributed by atoms with van der Waals surface area (Å²) in [6.45, 7) is 2.19. The number of ether oxygens (including phenoxy) is 2. The van der Waals surface area contributed by atoms with Gasteiger partial charge < -0.3 is 19.7 Å². The second-order valence-electron chi connectivity index (χ2n) is 7.40. The van der Waals surface area contributed by atoms with Gasteiger partial charge in [0.2, 0.25) is 5.91 Å². The Kier molecular flexibility index (Phi) is 7.96. The minimum absolute atomic E-state index is 0.0704. The average Bonchev–Trinajstić information content (AvgIpc) is 3.18. The molecule has 1 aliphatic heterocycles. The molecule has 1 fully saturated rings. The van der Waals surface area contributed by atoms with E-state index in [1.807, 2.05) is 30.3 Å². The molecule has 8 heteroatoms. The highest BCUT2D eigenvalue weighted by Crippen LogP contribution is 2.20. The maximum Gasteiger partial charge on any atom is 0.340 e. The van der Waals surface area contributed by atoms with E-state index in [1.54, 1.807) is 30.0 Å². The molecule has 0 unspecified atom stereocenters. The van der Waals surface area contributed by atoms with Crippen LogP contribution in [0.2, 0.25) is 0 Å². The first kappa shape index (κ1) is 23.0. The summed E-state index contributed by atoms with van der Waals surface area (Å²) in [5.41, 5.74) is 1.60. The number of carbonyl (C=O) groups is 4. The largest absolute Gasteiger partial charge is 0.462 e. The van der Waals surface area contributed by atoms with Crippen LogP contribution >= 0.6 is 0 Å². The van der Waals surface area contributed by atoms with Crippen LogP contribution in [0.5, 0.6) is 0 Å². The molecule has 1 N–H and O–H groups in total. The fourth-order valence-electron chi connectivity index (χ4n) is 3.47. The molecular weight excluding hydrogens is 412 g/mol. The van der Waals surface area contributed by atoms with Crippen LogP contribution in [0.25, 0.3) is 0 Å². The Balaban J connectivity index is 1.47. The maximum atomic E-state index is 12.4. The predicted octanol–water partition coefficient (Wildman–Crippen LogP) is 2.44. The van der Waals surface area contributed by atoms with Crippen LogP contribution in [0.15, 0.2) is 54.6 Å². The van der Waals surface area contributed by atoms with Crippen molar-refractivity contribution < 1.29 is 28.7 Å². The van der Waals surface area contributed by atoms with E-state index in [1.165, 1.54) is 6.07 Å². The Bertz CT molecular complexity index is 975. The molecule has 2 aromatic carbocycles. The summed E-state index contributed by atoms with van der Waals surface area (Å²) >= 11 is 0. The zero-order valence-electron chi connectivity index (χ0n) is 17.9. The quantitative estimate of drug-likeness (QED) is 0.604. The summed E-state index contributed by atoms with van der Waals surface area (Å²) in [6, 6.07) is 16.2. The number of benzene rings is 2. The van der Waals surface area contributed by atoms with E-state index in [4.69, 9.17) is 9.47 Å². The van der Waals surface area contributed by atoms with Crippen LogP contribution in [-0.2, 0) is 30.3 Å². The summed E-state index contributed by atoms with van der Waals surface area (Å²) in [5, 5.41) is 2.56. The third-order valence-corrected chi connectivity index (χ3v) is 5.10. The van der Waals surface area contributed by atoms with Gasteiger partial charge in [0.05, 0.1) is 23.8 Å². The van der Waals surface area contributed by atoms with Crippen molar-refractivity contribution in [2.75, 3.05) is 31.6 Å². The van der Waals surface area contributed by atoms with E-state index in [9.17, 15) is 19.2 Å². The van der Waals surface area contributed by atoms with Crippen molar-refractivity contribution in [3.63, 3.8) is 0 Å². The Labute approximate surface area is 186 Å². The van der Waals surface area contributed by atoms with Crippen molar-refractivity contribution in [2.24, 2.45) is 5.92 Å². The first-order valence-electron chi connectivity index (χ1n) is 10.5. The van der Waals surface area contributed by atoms with Gasteiger partial charge in [-0.3, -0.25) is 14.4 Å². The van der Waals surface area contributed by atoms with Crippen molar-refractivity contribution in [3.05, 3.63) is 65.7 Å². The molecule has 168 valence electrons. The number of anilines is 1. The van der Waals surface area contributed by atoms with Gasteiger partial charge >= 0.3 is 11.9 Å². The predicted molar refractivity (Wildman–Crippen MR) is 117 cm³/mol. The van der Waals surface area contributed by atoms with Gasteiger partial charge in [-0.05, 0) is 31.0 Å². The van der Waals surface area contributed by atoms with Crippen molar-refractivity contribution in [2.45, 2.75) is 19.8 Å². The lowest BCUT2D eigenvalue weighted by Gasteiger charge is -2.16. The molecule has 0 aliphatic carbocycles. The molecule has 0 spiro atoms. The van der Waals surface area contributed by atoms with E-state index < -0.39 is 30.4 Å². The highest BCUT2D eigenvalue weighted by atomic mass is 16.5. The van der Waals surface area contributed by atoms with Crippen molar-refractivity contribution in [1.82, 2.24) is 4.90 Å². The van der Waals surface area contributed by atoms with Gasteiger partial charge in [0.1, 0.15) is 0 Å². The van der Waals surface area contributed by atoms with E-state index in [0.717, 1.165) is 5.56 Å². The van der Waals surface area contributed by atoms with E-state index in [-0.39, 0.29) is 36.7 Å². The van der Waals surface area contributed by atoms with Gasteiger partial charge in [-0.2, -0.15) is 0 Å². The fraction of sp³-hybridized carbons (Fsp3) is 0.333. The minimum atomic E-state index is -0.599. The first-order valence-corrected chi connectivity index (χ1v) is 10.5. The second kappa shape index (κ2) is 11.1. The molecule has 0 radical (unpaired) electrons. The number of hydrogen-bond donors (Lipinski definition) is 1. The SMILES string of the molecule is CCOC(=O)c1ccccc1NC(=O)COC(=O)[C@@H]1CC(=O)N(CCc2ccccc2)C1. The van der Waals surface area contributed by atoms with Gasteiger partial charge in [-0.1, -0.05) is 42.5 Å². The van der Waals surface area contributed by atoms with Crippen molar-refractivity contribution in [1.29, 1.82) is 0 Å².